The lowest BCUT2D eigenvalue weighted by Gasteiger charge is -2.22. The number of aliphatic carboxylic acids is 1. The molecule has 0 saturated carbocycles. The Morgan fingerprint density at radius 1 is 1.21 bits per heavy atom. The molecule has 1 aromatic carbocycles. The number of carboxylic acid groups (broad SMARTS) is 1. The summed E-state index contributed by atoms with van der Waals surface area (Å²) in [7, 11) is 0. The zero-order valence-corrected chi connectivity index (χ0v) is 11.6. The van der Waals surface area contributed by atoms with Gasteiger partial charge in [-0.05, 0) is 46.9 Å². The van der Waals surface area contributed by atoms with Gasteiger partial charge in [0.05, 0.1) is 0 Å². The zero-order chi connectivity index (χ0) is 14.6. The molecule has 0 atom stereocenters. The summed E-state index contributed by atoms with van der Waals surface area (Å²) in [5, 5.41) is 8.56. The van der Waals surface area contributed by atoms with Crippen molar-refractivity contribution < 1.29 is 27.9 Å². The summed E-state index contributed by atoms with van der Waals surface area (Å²) in [6, 6.07) is 5.82. The fourth-order valence-corrected chi connectivity index (χ4v) is 1.71. The highest BCUT2D eigenvalue weighted by molar-refractivity contribution is 14.1. The van der Waals surface area contributed by atoms with Crippen LogP contribution in [0.1, 0.15) is 10.4 Å². The monoisotopic (exact) mass is 387 g/mol. The molecule has 1 amide bonds. The molecule has 0 fully saturated rings. The van der Waals surface area contributed by atoms with Crippen LogP contribution < -0.4 is 0 Å². The van der Waals surface area contributed by atoms with Crippen LogP contribution in [-0.2, 0) is 4.79 Å². The molecule has 19 heavy (non-hydrogen) atoms. The maximum Gasteiger partial charge on any atom is 0.406 e. The SMILES string of the molecule is O=C(O)CN(CC(F)(F)F)C(=O)c1ccc(I)cc1. The number of nitrogens with zero attached hydrogens (tertiary/aromatic N) is 1. The summed E-state index contributed by atoms with van der Waals surface area (Å²) in [6.45, 7) is -2.59. The Balaban J connectivity index is 2.93. The Kier molecular flexibility index (Phi) is 5.15. The molecule has 0 spiro atoms. The first kappa shape index (κ1) is 15.7. The average molecular weight is 387 g/mol. The Bertz CT molecular complexity index is 473. The van der Waals surface area contributed by atoms with E-state index in [1.807, 2.05) is 22.6 Å². The molecule has 1 aromatic rings. The topological polar surface area (TPSA) is 57.6 Å². The second kappa shape index (κ2) is 6.22. The number of carboxylic acids is 1. The van der Waals surface area contributed by atoms with E-state index in [9.17, 15) is 22.8 Å². The number of hydrogen-bond acceptors (Lipinski definition) is 2. The quantitative estimate of drug-likeness (QED) is 0.808. The number of benzene rings is 1. The van der Waals surface area contributed by atoms with Gasteiger partial charge in [-0.3, -0.25) is 9.59 Å². The smallest absolute Gasteiger partial charge is 0.406 e. The molecule has 8 heteroatoms. The molecular weight excluding hydrogens is 378 g/mol. The van der Waals surface area contributed by atoms with Gasteiger partial charge in [0.2, 0.25) is 0 Å². The van der Waals surface area contributed by atoms with Gasteiger partial charge in [0.1, 0.15) is 13.1 Å². The first-order valence-corrected chi connectivity index (χ1v) is 6.10. The molecule has 0 heterocycles. The number of carbonyl (C=O) groups is 2. The number of rotatable bonds is 4. The molecule has 0 unspecified atom stereocenters. The normalized spacial score (nSPS) is 11.2. The third-order valence-corrected chi connectivity index (χ3v) is 2.79. The number of alkyl halides is 3. The molecule has 1 N–H and O–H groups in total. The number of halogens is 4. The van der Waals surface area contributed by atoms with Crippen LogP contribution >= 0.6 is 22.6 Å². The summed E-state index contributed by atoms with van der Waals surface area (Å²) >= 11 is 1.98. The van der Waals surface area contributed by atoms with E-state index in [0.717, 1.165) is 3.57 Å². The standard InChI is InChI=1S/C11H9F3INO3/c12-11(13,14)6-16(5-9(17)18)10(19)7-1-3-8(15)4-2-7/h1-4H,5-6H2,(H,17,18). The van der Waals surface area contributed by atoms with Crippen LogP contribution in [0.2, 0.25) is 0 Å². The van der Waals surface area contributed by atoms with Gasteiger partial charge in [-0.2, -0.15) is 13.2 Å². The highest BCUT2D eigenvalue weighted by Crippen LogP contribution is 2.18. The molecule has 0 bridgehead atoms. The molecular formula is C11H9F3INO3. The van der Waals surface area contributed by atoms with Crippen molar-refractivity contribution in [1.82, 2.24) is 4.90 Å². The predicted molar refractivity (Wildman–Crippen MR) is 68.8 cm³/mol. The van der Waals surface area contributed by atoms with Crippen LogP contribution in [0.15, 0.2) is 24.3 Å². The second-order valence-corrected chi connectivity index (χ2v) is 4.92. The maximum absolute atomic E-state index is 12.3. The van der Waals surface area contributed by atoms with Crippen LogP contribution in [0.3, 0.4) is 0 Å². The average Bonchev–Trinajstić information content (AvgIpc) is 2.25. The summed E-state index contributed by atoms with van der Waals surface area (Å²) < 4.78 is 37.7. The van der Waals surface area contributed by atoms with Gasteiger partial charge in [-0.1, -0.05) is 0 Å². The third kappa shape index (κ3) is 5.45. The molecule has 0 aromatic heterocycles. The summed E-state index contributed by atoms with van der Waals surface area (Å²) in [6.07, 6.45) is -4.64. The van der Waals surface area contributed by atoms with Gasteiger partial charge in [0.25, 0.3) is 5.91 Å². The Morgan fingerprint density at radius 3 is 2.16 bits per heavy atom. The van der Waals surface area contributed by atoms with Crippen LogP contribution in [0.4, 0.5) is 13.2 Å². The first-order chi connectivity index (χ1) is 8.69. The van der Waals surface area contributed by atoms with Crippen LogP contribution in [0.25, 0.3) is 0 Å². The fourth-order valence-electron chi connectivity index (χ4n) is 1.35. The molecule has 4 nitrogen and oxygen atoms in total. The van der Waals surface area contributed by atoms with E-state index in [1.165, 1.54) is 12.1 Å². The number of carbonyl (C=O) groups excluding carboxylic acids is 1. The highest BCUT2D eigenvalue weighted by atomic mass is 127. The minimum absolute atomic E-state index is 0.0194. The van der Waals surface area contributed by atoms with E-state index in [1.54, 1.807) is 12.1 Å². The molecule has 104 valence electrons. The largest absolute Gasteiger partial charge is 0.480 e. The number of hydrogen-bond donors (Lipinski definition) is 1. The molecule has 0 aliphatic rings. The van der Waals surface area contributed by atoms with E-state index in [2.05, 4.69) is 0 Å². The molecule has 1 rings (SSSR count). The Labute approximate surface area is 120 Å². The van der Waals surface area contributed by atoms with Gasteiger partial charge in [-0.15, -0.1) is 0 Å². The van der Waals surface area contributed by atoms with Gasteiger partial charge in [-0.25, -0.2) is 0 Å². The van der Waals surface area contributed by atoms with Gasteiger partial charge in [0, 0.05) is 9.13 Å². The Morgan fingerprint density at radius 2 is 1.74 bits per heavy atom. The van der Waals surface area contributed by atoms with Crippen molar-refractivity contribution in [3.63, 3.8) is 0 Å². The zero-order valence-electron chi connectivity index (χ0n) is 9.45. The molecule has 0 saturated heterocycles. The van der Waals surface area contributed by atoms with Crippen molar-refractivity contribution in [3.8, 4) is 0 Å². The molecule has 0 aliphatic carbocycles. The van der Waals surface area contributed by atoms with Gasteiger partial charge < -0.3 is 10.0 Å². The van der Waals surface area contributed by atoms with Gasteiger partial charge >= 0.3 is 12.1 Å². The number of amides is 1. The van der Waals surface area contributed by atoms with Gasteiger partial charge in [0.15, 0.2) is 0 Å². The lowest BCUT2D eigenvalue weighted by atomic mass is 10.2. The van der Waals surface area contributed by atoms with E-state index in [4.69, 9.17) is 5.11 Å². The lowest BCUT2D eigenvalue weighted by Crippen LogP contribution is -2.42. The van der Waals surface area contributed by atoms with Crippen LogP contribution in [-0.4, -0.2) is 41.1 Å². The van der Waals surface area contributed by atoms with E-state index in [0.29, 0.717) is 0 Å². The van der Waals surface area contributed by atoms with Crippen molar-refractivity contribution in [2.75, 3.05) is 13.1 Å². The summed E-state index contributed by atoms with van der Waals surface area (Å²) in [5.41, 5.74) is 0.0194. The lowest BCUT2D eigenvalue weighted by molar-refractivity contribution is -0.149. The fraction of sp³-hybridized carbons (Fsp3) is 0.273. The van der Waals surface area contributed by atoms with E-state index >= 15 is 0 Å². The van der Waals surface area contributed by atoms with Crippen molar-refractivity contribution >= 4 is 34.5 Å². The molecule has 0 radical (unpaired) electrons. The van der Waals surface area contributed by atoms with Crippen molar-refractivity contribution in [3.05, 3.63) is 33.4 Å². The first-order valence-electron chi connectivity index (χ1n) is 5.02. The maximum atomic E-state index is 12.3. The summed E-state index contributed by atoms with van der Waals surface area (Å²) in [5.74, 6) is -2.46. The van der Waals surface area contributed by atoms with Crippen LogP contribution in [0, 0.1) is 3.57 Å². The molecule has 0 aliphatic heterocycles. The minimum Gasteiger partial charge on any atom is -0.480 e. The van der Waals surface area contributed by atoms with Crippen molar-refractivity contribution in [1.29, 1.82) is 0 Å². The summed E-state index contributed by atoms with van der Waals surface area (Å²) in [4.78, 5) is 22.6. The van der Waals surface area contributed by atoms with E-state index in [-0.39, 0.29) is 10.5 Å². The van der Waals surface area contributed by atoms with E-state index < -0.39 is 31.1 Å². The van der Waals surface area contributed by atoms with Crippen LogP contribution in [0.5, 0.6) is 0 Å². The highest BCUT2D eigenvalue weighted by Gasteiger charge is 2.34. The minimum atomic E-state index is -4.64. The Hall–Kier alpha value is -1.32. The van der Waals surface area contributed by atoms with Crippen molar-refractivity contribution in [2.24, 2.45) is 0 Å². The third-order valence-electron chi connectivity index (χ3n) is 2.07. The van der Waals surface area contributed by atoms with Crippen molar-refractivity contribution in [2.45, 2.75) is 6.18 Å². The second-order valence-electron chi connectivity index (χ2n) is 3.68. The predicted octanol–water partition coefficient (Wildman–Crippen LogP) is 2.38.